The molecule has 5 heteroatoms. The summed E-state index contributed by atoms with van der Waals surface area (Å²) >= 11 is 0. The number of rotatable bonds is 4. The van der Waals surface area contributed by atoms with E-state index in [1.165, 1.54) is 5.56 Å². The lowest BCUT2D eigenvalue weighted by molar-refractivity contribution is 0.192. The average Bonchev–Trinajstić information content (AvgIpc) is 3.09. The maximum atomic E-state index is 6.41. The van der Waals surface area contributed by atoms with E-state index >= 15 is 0 Å². The van der Waals surface area contributed by atoms with Gasteiger partial charge in [0.1, 0.15) is 17.5 Å². The first-order chi connectivity index (χ1) is 9.74. The fourth-order valence-electron chi connectivity index (χ4n) is 2.71. The molecule has 0 spiro atoms. The molecule has 2 aromatic rings. The first-order valence-corrected chi connectivity index (χ1v) is 6.84. The van der Waals surface area contributed by atoms with Gasteiger partial charge in [0, 0.05) is 13.0 Å². The molecule has 0 saturated carbocycles. The van der Waals surface area contributed by atoms with Crippen LogP contribution in [0.15, 0.2) is 30.5 Å². The van der Waals surface area contributed by atoms with Gasteiger partial charge in [0.2, 0.25) is 0 Å². The van der Waals surface area contributed by atoms with Gasteiger partial charge in [-0.25, -0.2) is 0 Å². The third-order valence-electron chi connectivity index (χ3n) is 3.75. The van der Waals surface area contributed by atoms with Crippen LogP contribution in [0.1, 0.15) is 24.2 Å². The molecule has 0 amide bonds. The Labute approximate surface area is 118 Å². The van der Waals surface area contributed by atoms with Crippen LogP contribution in [0.25, 0.3) is 0 Å². The Morgan fingerprint density at radius 3 is 3.00 bits per heavy atom. The van der Waals surface area contributed by atoms with Crippen LogP contribution in [0.4, 0.5) is 0 Å². The molecule has 2 unspecified atom stereocenters. The summed E-state index contributed by atoms with van der Waals surface area (Å²) in [4.78, 5) is 0. The zero-order valence-electron chi connectivity index (χ0n) is 11.7. The molecule has 0 aliphatic carbocycles. The topological polar surface area (TPSA) is 62.3 Å². The number of ether oxygens (including phenoxy) is 2. The predicted octanol–water partition coefficient (Wildman–Crippen LogP) is 1.92. The Morgan fingerprint density at radius 1 is 1.50 bits per heavy atom. The molecular weight excluding hydrogens is 254 g/mol. The first kappa shape index (κ1) is 13.0. The smallest absolute Gasteiger partial charge is 0.161 e. The SMILES string of the molecule is CCn1ncc(OC)c1C(N)C1Cc2ccccc2O1. The maximum Gasteiger partial charge on any atom is 0.161 e. The molecule has 20 heavy (non-hydrogen) atoms. The number of aryl methyl sites for hydroxylation is 1. The number of hydrogen-bond donors (Lipinski definition) is 1. The van der Waals surface area contributed by atoms with Crippen molar-refractivity contribution < 1.29 is 9.47 Å². The molecule has 106 valence electrons. The summed E-state index contributed by atoms with van der Waals surface area (Å²) in [5, 5.41) is 4.30. The van der Waals surface area contributed by atoms with Crippen molar-refractivity contribution in [2.45, 2.75) is 32.0 Å². The van der Waals surface area contributed by atoms with E-state index in [9.17, 15) is 0 Å². The van der Waals surface area contributed by atoms with Gasteiger partial charge in [-0.15, -0.1) is 0 Å². The quantitative estimate of drug-likeness (QED) is 0.924. The predicted molar refractivity (Wildman–Crippen MR) is 75.9 cm³/mol. The monoisotopic (exact) mass is 273 g/mol. The molecule has 1 aliphatic heterocycles. The summed E-state index contributed by atoms with van der Waals surface area (Å²) in [6.45, 7) is 2.79. The summed E-state index contributed by atoms with van der Waals surface area (Å²) in [6, 6.07) is 7.79. The molecule has 1 aliphatic rings. The van der Waals surface area contributed by atoms with Crippen molar-refractivity contribution in [2.24, 2.45) is 5.73 Å². The third kappa shape index (κ3) is 2.04. The van der Waals surface area contributed by atoms with Crippen LogP contribution in [0, 0.1) is 0 Å². The number of fused-ring (bicyclic) bond motifs is 1. The second-order valence-corrected chi connectivity index (χ2v) is 4.91. The van der Waals surface area contributed by atoms with Gasteiger partial charge in [0.05, 0.1) is 19.3 Å². The van der Waals surface area contributed by atoms with E-state index in [0.29, 0.717) is 0 Å². The van der Waals surface area contributed by atoms with Gasteiger partial charge < -0.3 is 15.2 Å². The highest BCUT2D eigenvalue weighted by atomic mass is 16.5. The van der Waals surface area contributed by atoms with E-state index in [1.54, 1.807) is 13.3 Å². The summed E-state index contributed by atoms with van der Waals surface area (Å²) in [5.41, 5.74) is 8.51. The Hall–Kier alpha value is -2.01. The van der Waals surface area contributed by atoms with Crippen LogP contribution < -0.4 is 15.2 Å². The van der Waals surface area contributed by atoms with Crippen LogP contribution in [0.5, 0.6) is 11.5 Å². The largest absolute Gasteiger partial charge is 0.493 e. The minimum atomic E-state index is -0.264. The number of methoxy groups -OCH3 is 1. The molecule has 0 fully saturated rings. The second kappa shape index (κ2) is 5.17. The van der Waals surface area contributed by atoms with E-state index in [1.807, 2.05) is 29.8 Å². The molecule has 0 bridgehead atoms. The minimum Gasteiger partial charge on any atom is -0.493 e. The van der Waals surface area contributed by atoms with Crippen LogP contribution in [-0.2, 0) is 13.0 Å². The van der Waals surface area contributed by atoms with Crippen molar-refractivity contribution in [1.82, 2.24) is 9.78 Å². The summed E-state index contributed by atoms with van der Waals surface area (Å²) < 4.78 is 13.2. The molecule has 0 saturated heterocycles. The standard InChI is InChI=1S/C15H19N3O2/c1-3-18-15(13(19-2)9-17-18)14(16)12-8-10-6-4-5-7-11(10)20-12/h4-7,9,12,14H,3,8,16H2,1-2H3. The van der Waals surface area contributed by atoms with Gasteiger partial charge in [-0.2, -0.15) is 5.10 Å². The molecule has 5 nitrogen and oxygen atoms in total. The van der Waals surface area contributed by atoms with Gasteiger partial charge in [-0.05, 0) is 18.6 Å². The highest BCUT2D eigenvalue weighted by molar-refractivity contribution is 5.39. The van der Waals surface area contributed by atoms with Crippen LogP contribution in [-0.4, -0.2) is 23.0 Å². The molecule has 3 rings (SSSR count). The van der Waals surface area contributed by atoms with Gasteiger partial charge in [0.25, 0.3) is 0 Å². The van der Waals surface area contributed by atoms with Crippen molar-refractivity contribution >= 4 is 0 Å². The molecule has 0 radical (unpaired) electrons. The van der Waals surface area contributed by atoms with Crippen molar-refractivity contribution in [2.75, 3.05) is 7.11 Å². The van der Waals surface area contributed by atoms with Gasteiger partial charge in [0.15, 0.2) is 5.75 Å². The highest BCUT2D eigenvalue weighted by Gasteiger charge is 2.32. The lowest BCUT2D eigenvalue weighted by Gasteiger charge is -2.21. The Balaban J connectivity index is 1.88. The van der Waals surface area contributed by atoms with Crippen LogP contribution in [0.2, 0.25) is 0 Å². The molecule has 2 N–H and O–H groups in total. The van der Waals surface area contributed by atoms with Crippen LogP contribution in [0.3, 0.4) is 0 Å². The van der Waals surface area contributed by atoms with E-state index in [-0.39, 0.29) is 12.1 Å². The Bertz CT molecular complexity index is 562. The van der Waals surface area contributed by atoms with E-state index in [2.05, 4.69) is 11.2 Å². The minimum absolute atomic E-state index is 0.0803. The molecule has 1 aromatic carbocycles. The number of nitrogens with zero attached hydrogens (tertiary/aromatic N) is 2. The normalized spacial score (nSPS) is 18.4. The lowest BCUT2D eigenvalue weighted by atomic mass is 10.0. The molecule has 2 heterocycles. The molecule has 2 atom stereocenters. The van der Waals surface area contributed by atoms with Crippen molar-refractivity contribution in [3.05, 3.63) is 41.7 Å². The zero-order chi connectivity index (χ0) is 14.1. The van der Waals surface area contributed by atoms with E-state index in [0.717, 1.165) is 30.2 Å². The number of para-hydroxylation sites is 1. The number of hydrogen-bond acceptors (Lipinski definition) is 4. The van der Waals surface area contributed by atoms with Crippen molar-refractivity contribution in [3.63, 3.8) is 0 Å². The fourth-order valence-corrected chi connectivity index (χ4v) is 2.71. The van der Waals surface area contributed by atoms with E-state index in [4.69, 9.17) is 15.2 Å². The summed E-state index contributed by atoms with van der Waals surface area (Å²) in [7, 11) is 1.64. The average molecular weight is 273 g/mol. The number of nitrogens with two attached hydrogens (primary N) is 1. The highest BCUT2D eigenvalue weighted by Crippen LogP contribution is 2.35. The van der Waals surface area contributed by atoms with Gasteiger partial charge in [-0.3, -0.25) is 4.68 Å². The third-order valence-corrected chi connectivity index (χ3v) is 3.75. The Kier molecular flexibility index (Phi) is 3.36. The first-order valence-electron chi connectivity index (χ1n) is 6.84. The van der Waals surface area contributed by atoms with Gasteiger partial charge >= 0.3 is 0 Å². The van der Waals surface area contributed by atoms with Crippen molar-refractivity contribution in [1.29, 1.82) is 0 Å². The number of benzene rings is 1. The van der Waals surface area contributed by atoms with Crippen LogP contribution >= 0.6 is 0 Å². The van der Waals surface area contributed by atoms with E-state index < -0.39 is 0 Å². The zero-order valence-corrected chi connectivity index (χ0v) is 11.7. The van der Waals surface area contributed by atoms with Crippen molar-refractivity contribution in [3.8, 4) is 11.5 Å². The molecular formula is C15H19N3O2. The van der Waals surface area contributed by atoms with Gasteiger partial charge in [-0.1, -0.05) is 18.2 Å². The fraction of sp³-hybridized carbons (Fsp3) is 0.400. The molecule has 1 aromatic heterocycles. The Morgan fingerprint density at radius 2 is 2.30 bits per heavy atom. The summed E-state index contributed by atoms with van der Waals surface area (Å²) in [6.07, 6.45) is 2.44. The number of aromatic nitrogens is 2. The second-order valence-electron chi connectivity index (χ2n) is 4.91. The summed E-state index contributed by atoms with van der Waals surface area (Å²) in [5.74, 6) is 1.65. The maximum absolute atomic E-state index is 6.41. The lowest BCUT2D eigenvalue weighted by Crippen LogP contribution is -2.32.